The Morgan fingerprint density at radius 1 is 1.43 bits per heavy atom. The number of rotatable bonds is 6. The Bertz CT molecular complexity index is 503. The van der Waals surface area contributed by atoms with Crippen LogP contribution in [0, 0.1) is 10.1 Å². The molecule has 0 spiro atoms. The van der Waals surface area contributed by atoms with E-state index in [-0.39, 0.29) is 11.6 Å². The predicted molar refractivity (Wildman–Crippen MR) is 77.2 cm³/mol. The third-order valence-corrected chi connectivity index (χ3v) is 3.06. The molecular weight excluding hydrogens is 276 g/mol. The summed E-state index contributed by atoms with van der Waals surface area (Å²) >= 11 is 0. The molecule has 1 aromatic carbocycles. The molecule has 1 aliphatic heterocycles. The molecule has 0 saturated carbocycles. The summed E-state index contributed by atoms with van der Waals surface area (Å²) in [6.07, 6.45) is -0.468. The lowest BCUT2D eigenvalue weighted by Gasteiger charge is -2.22. The zero-order valence-corrected chi connectivity index (χ0v) is 11.5. The number of morpholine rings is 1. The van der Waals surface area contributed by atoms with Gasteiger partial charge in [-0.1, -0.05) is 12.1 Å². The lowest BCUT2D eigenvalue weighted by molar-refractivity contribution is -0.384. The van der Waals surface area contributed by atoms with Crippen molar-refractivity contribution in [2.24, 2.45) is 0 Å². The normalized spacial score (nSPS) is 18.0. The first-order valence-electron chi connectivity index (χ1n) is 6.76. The number of para-hydroxylation sites is 2. The van der Waals surface area contributed by atoms with E-state index < -0.39 is 11.0 Å². The molecule has 8 nitrogen and oxygen atoms in total. The highest BCUT2D eigenvalue weighted by Crippen LogP contribution is 2.22. The maximum Gasteiger partial charge on any atom is 0.292 e. The monoisotopic (exact) mass is 294 g/mol. The lowest BCUT2D eigenvalue weighted by atomic mass is 10.2. The SMILES string of the molecule is O=C(NCCNc1ccccc1[N+](=O)[O-])C1CNCCO1. The zero-order chi connectivity index (χ0) is 15.1. The molecule has 1 fully saturated rings. The smallest absolute Gasteiger partial charge is 0.292 e. The van der Waals surface area contributed by atoms with Crippen molar-refractivity contribution in [2.45, 2.75) is 6.10 Å². The topological polar surface area (TPSA) is 106 Å². The first-order valence-corrected chi connectivity index (χ1v) is 6.76. The van der Waals surface area contributed by atoms with Crippen molar-refractivity contribution in [2.75, 3.05) is 38.1 Å². The second-order valence-electron chi connectivity index (χ2n) is 4.56. The molecule has 3 N–H and O–H groups in total. The first-order chi connectivity index (χ1) is 10.2. The van der Waals surface area contributed by atoms with Crippen LogP contribution >= 0.6 is 0 Å². The molecule has 8 heteroatoms. The van der Waals surface area contributed by atoms with E-state index in [0.29, 0.717) is 31.9 Å². The average Bonchev–Trinajstić information content (AvgIpc) is 2.52. The summed E-state index contributed by atoms with van der Waals surface area (Å²) in [4.78, 5) is 22.2. The number of nitrogens with zero attached hydrogens (tertiary/aromatic N) is 1. The summed E-state index contributed by atoms with van der Waals surface area (Å²) in [6.45, 7) is 2.54. The van der Waals surface area contributed by atoms with Gasteiger partial charge in [0, 0.05) is 32.2 Å². The lowest BCUT2D eigenvalue weighted by Crippen LogP contribution is -2.48. The van der Waals surface area contributed by atoms with E-state index in [4.69, 9.17) is 4.74 Å². The number of ether oxygens (including phenoxy) is 1. The van der Waals surface area contributed by atoms with E-state index >= 15 is 0 Å². The van der Waals surface area contributed by atoms with Crippen molar-refractivity contribution >= 4 is 17.3 Å². The number of anilines is 1. The van der Waals surface area contributed by atoms with Crippen molar-refractivity contribution < 1.29 is 14.5 Å². The van der Waals surface area contributed by atoms with Crippen molar-refractivity contribution in [1.82, 2.24) is 10.6 Å². The van der Waals surface area contributed by atoms with Crippen LogP contribution in [0.5, 0.6) is 0 Å². The second-order valence-corrected chi connectivity index (χ2v) is 4.56. The molecule has 1 aromatic rings. The largest absolute Gasteiger partial charge is 0.378 e. The van der Waals surface area contributed by atoms with E-state index in [2.05, 4.69) is 16.0 Å². The summed E-state index contributed by atoms with van der Waals surface area (Å²) in [5.41, 5.74) is 0.455. The van der Waals surface area contributed by atoms with Gasteiger partial charge in [-0.15, -0.1) is 0 Å². The number of nitro benzene ring substituents is 1. The number of amides is 1. The molecule has 21 heavy (non-hydrogen) atoms. The fraction of sp³-hybridized carbons (Fsp3) is 0.462. The summed E-state index contributed by atoms with van der Waals surface area (Å²) in [7, 11) is 0. The van der Waals surface area contributed by atoms with E-state index in [1.54, 1.807) is 18.2 Å². The molecule has 0 radical (unpaired) electrons. The molecule has 1 saturated heterocycles. The molecular formula is C13H18N4O4. The van der Waals surface area contributed by atoms with Gasteiger partial charge in [-0.3, -0.25) is 14.9 Å². The average molecular weight is 294 g/mol. The molecule has 2 rings (SSSR count). The molecule has 1 aliphatic rings. The zero-order valence-electron chi connectivity index (χ0n) is 11.5. The molecule has 1 heterocycles. The summed E-state index contributed by atoms with van der Waals surface area (Å²) in [5.74, 6) is -0.174. The molecule has 114 valence electrons. The van der Waals surface area contributed by atoms with Crippen LogP contribution in [0.1, 0.15) is 0 Å². The third kappa shape index (κ3) is 4.40. The molecule has 1 amide bonds. The summed E-state index contributed by atoms with van der Waals surface area (Å²) < 4.78 is 5.32. The number of carbonyl (C=O) groups is 1. The van der Waals surface area contributed by atoms with Gasteiger partial charge in [0.15, 0.2) is 0 Å². The quantitative estimate of drug-likeness (QED) is 0.391. The Balaban J connectivity index is 1.74. The van der Waals surface area contributed by atoms with Crippen molar-refractivity contribution in [3.05, 3.63) is 34.4 Å². The van der Waals surface area contributed by atoms with Crippen molar-refractivity contribution in [3.8, 4) is 0 Å². The number of benzene rings is 1. The van der Waals surface area contributed by atoms with Crippen LogP contribution in [-0.2, 0) is 9.53 Å². The van der Waals surface area contributed by atoms with Gasteiger partial charge < -0.3 is 20.7 Å². The number of hydrogen-bond acceptors (Lipinski definition) is 6. The maximum absolute atomic E-state index is 11.8. The Morgan fingerprint density at radius 3 is 2.95 bits per heavy atom. The van der Waals surface area contributed by atoms with Crippen LogP contribution in [0.15, 0.2) is 24.3 Å². The minimum atomic E-state index is -0.468. The summed E-state index contributed by atoms with van der Waals surface area (Å²) in [6, 6.07) is 6.39. The van der Waals surface area contributed by atoms with E-state index in [1.165, 1.54) is 6.07 Å². The Labute approximate surface area is 122 Å². The molecule has 0 bridgehead atoms. The van der Waals surface area contributed by atoms with Crippen LogP contribution in [0.3, 0.4) is 0 Å². The Hall–Kier alpha value is -2.19. The van der Waals surface area contributed by atoms with Crippen molar-refractivity contribution in [1.29, 1.82) is 0 Å². The van der Waals surface area contributed by atoms with Crippen LogP contribution in [0.4, 0.5) is 11.4 Å². The number of carbonyl (C=O) groups excluding carboxylic acids is 1. The molecule has 1 unspecified atom stereocenters. The van der Waals surface area contributed by atoms with Gasteiger partial charge >= 0.3 is 0 Å². The standard InChI is InChI=1S/C13H18N4O4/c18-13(12-9-14-7-8-21-12)16-6-5-15-10-3-1-2-4-11(10)17(19)20/h1-4,12,14-15H,5-9H2,(H,16,18). The van der Waals surface area contributed by atoms with Gasteiger partial charge in [0.1, 0.15) is 11.8 Å². The minimum Gasteiger partial charge on any atom is -0.378 e. The van der Waals surface area contributed by atoms with Gasteiger partial charge in [0.25, 0.3) is 11.6 Å². The highest BCUT2D eigenvalue weighted by molar-refractivity contribution is 5.81. The number of nitro groups is 1. The molecule has 1 atom stereocenters. The highest BCUT2D eigenvalue weighted by Gasteiger charge is 2.21. The molecule has 0 aromatic heterocycles. The first kappa shape index (κ1) is 15.2. The van der Waals surface area contributed by atoms with E-state index in [0.717, 1.165) is 6.54 Å². The van der Waals surface area contributed by atoms with Crippen LogP contribution in [-0.4, -0.2) is 49.7 Å². The van der Waals surface area contributed by atoms with Gasteiger partial charge in [-0.05, 0) is 6.07 Å². The van der Waals surface area contributed by atoms with E-state index in [9.17, 15) is 14.9 Å². The fourth-order valence-corrected chi connectivity index (χ4v) is 2.01. The minimum absolute atomic E-state index is 0.0173. The number of hydrogen-bond donors (Lipinski definition) is 3. The van der Waals surface area contributed by atoms with Crippen LogP contribution < -0.4 is 16.0 Å². The number of nitrogens with one attached hydrogen (secondary N) is 3. The van der Waals surface area contributed by atoms with Gasteiger partial charge in [0.05, 0.1) is 11.5 Å². The highest BCUT2D eigenvalue weighted by atomic mass is 16.6. The fourth-order valence-electron chi connectivity index (χ4n) is 2.01. The van der Waals surface area contributed by atoms with Crippen molar-refractivity contribution in [3.63, 3.8) is 0 Å². The van der Waals surface area contributed by atoms with Gasteiger partial charge in [0.2, 0.25) is 0 Å². The van der Waals surface area contributed by atoms with Crippen LogP contribution in [0.25, 0.3) is 0 Å². The second kappa shape index (κ2) is 7.55. The third-order valence-electron chi connectivity index (χ3n) is 3.06. The van der Waals surface area contributed by atoms with E-state index in [1.807, 2.05) is 0 Å². The Kier molecular flexibility index (Phi) is 5.47. The van der Waals surface area contributed by atoms with Gasteiger partial charge in [-0.25, -0.2) is 0 Å². The maximum atomic E-state index is 11.8. The Morgan fingerprint density at radius 2 is 2.24 bits per heavy atom. The predicted octanol–water partition coefficient (Wildman–Crippen LogP) is 0.111. The molecule has 0 aliphatic carbocycles. The van der Waals surface area contributed by atoms with Crippen LogP contribution in [0.2, 0.25) is 0 Å². The van der Waals surface area contributed by atoms with Gasteiger partial charge in [-0.2, -0.15) is 0 Å². The summed E-state index contributed by atoms with van der Waals surface area (Å²) in [5, 5.41) is 19.6.